The van der Waals surface area contributed by atoms with Crippen LogP contribution in [-0.4, -0.2) is 33.9 Å². The molecule has 1 aliphatic heterocycles. The van der Waals surface area contributed by atoms with Gasteiger partial charge in [-0.15, -0.1) is 0 Å². The lowest BCUT2D eigenvalue weighted by Crippen LogP contribution is -2.33. The minimum absolute atomic E-state index is 0.0587. The summed E-state index contributed by atoms with van der Waals surface area (Å²) in [5.41, 5.74) is 4.11. The van der Waals surface area contributed by atoms with Crippen molar-refractivity contribution in [3.63, 3.8) is 0 Å². The zero-order valence-corrected chi connectivity index (χ0v) is 12.9. The first-order valence-electron chi connectivity index (χ1n) is 7.56. The topological polar surface area (TPSA) is 33.1 Å². The molecular weight excluding hydrogens is 305 g/mol. The van der Waals surface area contributed by atoms with Crippen molar-refractivity contribution in [2.24, 2.45) is 7.05 Å². The first-order chi connectivity index (χ1) is 10.9. The Morgan fingerprint density at radius 2 is 2.04 bits per heavy atom. The number of fused-ring (bicyclic) bond motifs is 1. The number of halogens is 3. The van der Waals surface area contributed by atoms with Gasteiger partial charge < -0.3 is 5.32 Å². The normalized spacial score (nSPS) is 15.5. The highest BCUT2D eigenvalue weighted by molar-refractivity contribution is 5.60. The van der Waals surface area contributed by atoms with Crippen LogP contribution in [0.4, 0.5) is 24.5 Å². The molecule has 1 aromatic heterocycles. The molecular formula is C16H19F3N4. The quantitative estimate of drug-likeness (QED) is 0.935. The zero-order chi connectivity index (χ0) is 16.4. The molecule has 2 aromatic rings. The molecule has 0 aliphatic carbocycles. The predicted octanol–water partition coefficient (Wildman–Crippen LogP) is 3.47. The first-order valence-corrected chi connectivity index (χ1v) is 7.56. The summed E-state index contributed by atoms with van der Waals surface area (Å²) in [6.07, 6.45) is -0.454. The number of benzene rings is 1. The van der Waals surface area contributed by atoms with Crippen molar-refractivity contribution >= 4 is 11.4 Å². The van der Waals surface area contributed by atoms with Crippen LogP contribution in [0, 0.1) is 0 Å². The molecule has 0 bridgehead atoms. The molecule has 124 valence electrons. The summed E-state index contributed by atoms with van der Waals surface area (Å²) in [4.78, 5) is 1.86. The van der Waals surface area contributed by atoms with Gasteiger partial charge in [-0.05, 0) is 29.7 Å². The molecule has 2 heterocycles. The Morgan fingerprint density at radius 1 is 1.22 bits per heavy atom. The van der Waals surface area contributed by atoms with E-state index in [4.69, 9.17) is 0 Å². The van der Waals surface area contributed by atoms with Crippen LogP contribution in [0.2, 0.25) is 0 Å². The molecule has 0 fully saturated rings. The maximum absolute atomic E-state index is 12.4. The zero-order valence-electron chi connectivity index (χ0n) is 12.9. The summed E-state index contributed by atoms with van der Waals surface area (Å²) in [7, 11) is 1.84. The standard InChI is InChI=1S/C16H19F3N4/c1-22-11-15(9-20-22)21-14-3-2-12-4-6-23(10-13(12)8-14)7-5-16(17,18)19/h2-3,8-9,11,21H,4-7,10H2,1H3. The number of rotatable bonds is 4. The highest BCUT2D eigenvalue weighted by Gasteiger charge is 2.28. The highest BCUT2D eigenvalue weighted by Crippen LogP contribution is 2.26. The van der Waals surface area contributed by atoms with Gasteiger partial charge >= 0.3 is 6.18 Å². The Bertz CT molecular complexity index is 678. The van der Waals surface area contributed by atoms with Crippen LogP contribution >= 0.6 is 0 Å². The number of hydrogen-bond acceptors (Lipinski definition) is 3. The lowest BCUT2D eigenvalue weighted by molar-refractivity contribution is -0.138. The van der Waals surface area contributed by atoms with Crippen LogP contribution in [0.3, 0.4) is 0 Å². The third-order valence-electron chi connectivity index (χ3n) is 4.00. The fourth-order valence-corrected chi connectivity index (χ4v) is 2.82. The fraction of sp³-hybridized carbons (Fsp3) is 0.438. The minimum Gasteiger partial charge on any atom is -0.353 e. The van der Waals surface area contributed by atoms with E-state index in [1.54, 1.807) is 10.9 Å². The highest BCUT2D eigenvalue weighted by atomic mass is 19.4. The Balaban J connectivity index is 1.67. The van der Waals surface area contributed by atoms with Gasteiger partial charge in [0, 0.05) is 38.6 Å². The van der Waals surface area contributed by atoms with E-state index in [0.717, 1.165) is 23.4 Å². The second-order valence-corrected chi connectivity index (χ2v) is 5.90. The summed E-state index contributed by atoms with van der Waals surface area (Å²) in [5, 5.41) is 7.36. The van der Waals surface area contributed by atoms with E-state index >= 15 is 0 Å². The molecule has 4 nitrogen and oxygen atoms in total. The molecule has 0 atom stereocenters. The molecule has 1 N–H and O–H groups in total. The maximum Gasteiger partial charge on any atom is 0.390 e. The van der Waals surface area contributed by atoms with E-state index in [1.807, 2.05) is 30.3 Å². The molecule has 0 saturated carbocycles. The summed E-state index contributed by atoms with van der Waals surface area (Å²) in [5.74, 6) is 0. The molecule has 23 heavy (non-hydrogen) atoms. The number of hydrogen-bond donors (Lipinski definition) is 1. The lowest BCUT2D eigenvalue weighted by Gasteiger charge is -2.29. The van der Waals surface area contributed by atoms with Gasteiger partial charge in [-0.2, -0.15) is 18.3 Å². The molecule has 1 aliphatic rings. The molecule has 0 amide bonds. The van der Waals surface area contributed by atoms with Crippen molar-refractivity contribution in [2.45, 2.75) is 25.6 Å². The number of nitrogens with one attached hydrogen (secondary N) is 1. The molecule has 0 unspecified atom stereocenters. The van der Waals surface area contributed by atoms with Crippen molar-refractivity contribution in [3.8, 4) is 0 Å². The summed E-state index contributed by atoms with van der Waals surface area (Å²) >= 11 is 0. The van der Waals surface area contributed by atoms with Gasteiger partial charge in [0.15, 0.2) is 0 Å². The van der Waals surface area contributed by atoms with Crippen LogP contribution in [0.15, 0.2) is 30.6 Å². The van der Waals surface area contributed by atoms with E-state index in [1.165, 1.54) is 5.56 Å². The van der Waals surface area contributed by atoms with E-state index in [0.29, 0.717) is 13.1 Å². The number of anilines is 2. The van der Waals surface area contributed by atoms with Crippen molar-refractivity contribution < 1.29 is 13.2 Å². The van der Waals surface area contributed by atoms with Gasteiger partial charge in [0.1, 0.15) is 0 Å². The molecule has 0 saturated heterocycles. The van der Waals surface area contributed by atoms with Gasteiger partial charge in [0.2, 0.25) is 0 Å². The van der Waals surface area contributed by atoms with Crippen molar-refractivity contribution in [1.82, 2.24) is 14.7 Å². The van der Waals surface area contributed by atoms with Crippen LogP contribution in [0.1, 0.15) is 17.5 Å². The van der Waals surface area contributed by atoms with Gasteiger partial charge in [0.25, 0.3) is 0 Å². The van der Waals surface area contributed by atoms with Crippen LogP contribution in [-0.2, 0) is 20.0 Å². The number of aryl methyl sites for hydroxylation is 1. The van der Waals surface area contributed by atoms with Crippen molar-refractivity contribution in [1.29, 1.82) is 0 Å². The molecule has 7 heteroatoms. The predicted molar refractivity (Wildman–Crippen MR) is 82.6 cm³/mol. The minimum atomic E-state index is -4.09. The Kier molecular flexibility index (Phi) is 4.30. The third kappa shape index (κ3) is 4.25. The van der Waals surface area contributed by atoms with E-state index < -0.39 is 12.6 Å². The van der Waals surface area contributed by atoms with Crippen molar-refractivity contribution in [3.05, 3.63) is 41.7 Å². The lowest BCUT2D eigenvalue weighted by atomic mass is 9.99. The maximum atomic E-state index is 12.4. The van der Waals surface area contributed by atoms with Gasteiger partial charge in [-0.1, -0.05) is 6.07 Å². The number of aromatic nitrogens is 2. The van der Waals surface area contributed by atoms with E-state index in [2.05, 4.69) is 16.5 Å². The van der Waals surface area contributed by atoms with Crippen LogP contribution < -0.4 is 5.32 Å². The van der Waals surface area contributed by atoms with Crippen LogP contribution in [0.5, 0.6) is 0 Å². The summed E-state index contributed by atoms with van der Waals surface area (Å²) in [6.45, 7) is 1.30. The summed E-state index contributed by atoms with van der Waals surface area (Å²) < 4.78 is 38.8. The van der Waals surface area contributed by atoms with E-state index in [9.17, 15) is 13.2 Å². The average Bonchev–Trinajstić information content (AvgIpc) is 2.89. The number of nitrogens with zero attached hydrogens (tertiary/aromatic N) is 3. The Labute approximate surface area is 132 Å². The van der Waals surface area contributed by atoms with Gasteiger partial charge in [0.05, 0.1) is 18.3 Å². The Morgan fingerprint density at radius 3 is 2.74 bits per heavy atom. The molecule has 0 radical (unpaired) electrons. The second kappa shape index (κ2) is 6.23. The second-order valence-electron chi connectivity index (χ2n) is 5.90. The SMILES string of the molecule is Cn1cc(Nc2ccc3c(c2)CN(CCC(F)(F)F)CC3)cn1. The van der Waals surface area contributed by atoms with Crippen LogP contribution in [0.25, 0.3) is 0 Å². The molecule has 1 aromatic carbocycles. The van der Waals surface area contributed by atoms with Crippen molar-refractivity contribution in [2.75, 3.05) is 18.4 Å². The average molecular weight is 324 g/mol. The fourth-order valence-electron chi connectivity index (χ4n) is 2.82. The third-order valence-corrected chi connectivity index (χ3v) is 4.00. The summed E-state index contributed by atoms with van der Waals surface area (Å²) in [6, 6.07) is 6.06. The van der Waals surface area contributed by atoms with E-state index in [-0.39, 0.29) is 6.54 Å². The first kappa shape index (κ1) is 15.9. The largest absolute Gasteiger partial charge is 0.390 e. The molecule has 3 rings (SSSR count). The Hall–Kier alpha value is -2.02. The molecule has 0 spiro atoms. The monoisotopic (exact) mass is 324 g/mol. The number of alkyl halides is 3. The smallest absolute Gasteiger partial charge is 0.353 e. The van der Waals surface area contributed by atoms with Gasteiger partial charge in [-0.3, -0.25) is 9.58 Å². The van der Waals surface area contributed by atoms with Gasteiger partial charge in [-0.25, -0.2) is 0 Å².